The third kappa shape index (κ3) is 5.04. The molecule has 6 heteroatoms. The molecule has 2 aliphatic heterocycles. The number of ether oxygens (including phenoxy) is 1. The number of benzene rings is 1. The lowest BCUT2D eigenvalue weighted by Gasteiger charge is -2.32. The first-order valence-corrected chi connectivity index (χ1v) is 10.7. The van der Waals surface area contributed by atoms with Gasteiger partial charge in [-0.15, -0.1) is 0 Å². The number of carbonyl (C=O) groups excluding carboxylic acids is 2. The predicted molar refractivity (Wildman–Crippen MR) is 110 cm³/mol. The number of rotatable bonds is 9. The van der Waals surface area contributed by atoms with Gasteiger partial charge in [-0.2, -0.15) is 0 Å². The van der Waals surface area contributed by atoms with Crippen LogP contribution in [0.15, 0.2) is 30.0 Å². The first-order valence-electron chi connectivity index (χ1n) is 10.7. The van der Waals surface area contributed by atoms with Gasteiger partial charge in [0.05, 0.1) is 5.57 Å². The molecule has 0 saturated carbocycles. The van der Waals surface area contributed by atoms with E-state index in [4.69, 9.17) is 4.74 Å². The zero-order valence-corrected chi connectivity index (χ0v) is 17.5. The molecule has 5 nitrogen and oxygen atoms in total. The molecule has 29 heavy (non-hydrogen) atoms. The third-order valence-corrected chi connectivity index (χ3v) is 5.69. The maximum absolute atomic E-state index is 13.4. The number of hydrogen-bond acceptors (Lipinski definition) is 4. The summed E-state index contributed by atoms with van der Waals surface area (Å²) < 4.78 is 19.0. The van der Waals surface area contributed by atoms with Crippen molar-refractivity contribution >= 4 is 17.4 Å². The minimum absolute atomic E-state index is 0.238. The van der Waals surface area contributed by atoms with E-state index in [0.29, 0.717) is 48.9 Å². The van der Waals surface area contributed by atoms with Crippen LogP contribution in [0, 0.1) is 11.7 Å². The van der Waals surface area contributed by atoms with Crippen molar-refractivity contribution in [2.45, 2.75) is 46.0 Å². The number of carbonyl (C=O) groups is 2. The summed E-state index contributed by atoms with van der Waals surface area (Å²) in [6.45, 7) is 7.40. The second-order valence-electron chi connectivity index (χ2n) is 7.98. The normalized spacial score (nSPS) is 18.3. The maximum Gasteiger partial charge on any atom is 0.277 e. The van der Waals surface area contributed by atoms with Crippen LogP contribution in [-0.4, -0.2) is 54.5 Å². The van der Waals surface area contributed by atoms with Crippen molar-refractivity contribution in [1.29, 1.82) is 0 Å². The fourth-order valence-corrected chi connectivity index (χ4v) is 3.84. The van der Waals surface area contributed by atoms with E-state index in [0.717, 1.165) is 38.8 Å². The average molecular weight is 403 g/mol. The highest BCUT2D eigenvalue weighted by Gasteiger charge is 2.41. The molecular weight excluding hydrogens is 371 g/mol. The summed E-state index contributed by atoms with van der Waals surface area (Å²) >= 11 is 0. The molecule has 0 aromatic heterocycles. The van der Waals surface area contributed by atoms with E-state index in [1.54, 1.807) is 12.1 Å². The number of nitrogens with zero attached hydrogens (tertiary/aromatic N) is 2. The SMILES string of the molecule is CCCCOCCCN1C(=O)C(c2ccc(F)cc2)=C(N2CCC(C)CC2)C1=O. The lowest BCUT2D eigenvalue weighted by atomic mass is 9.97. The first kappa shape index (κ1) is 21.5. The molecule has 1 aromatic carbocycles. The largest absolute Gasteiger partial charge is 0.381 e. The summed E-state index contributed by atoms with van der Waals surface area (Å²) in [7, 11) is 0. The molecule has 3 rings (SSSR count). The lowest BCUT2D eigenvalue weighted by molar-refractivity contribution is -0.137. The van der Waals surface area contributed by atoms with Crippen molar-refractivity contribution in [3.63, 3.8) is 0 Å². The van der Waals surface area contributed by atoms with E-state index in [9.17, 15) is 14.0 Å². The van der Waals surface area contributed by atoms with Gasteiger partial charge < -0.3 is 9.64 Å². The van der Waals surface area contributed by atoms with Gasteiger partial charge in [-0.1, -0.05) is 32.4 Å². The van der Waals surface area contributed by atoms with Gasteiger partial charge in [0.25, 0.3) is 11.8 Å². The third-order valence-electron chi connectivity index (χ3n) is 5.69. The molecule has 1 fully saturated rings. The highest BCUT2D eigenvalue weighted by atomic mass is 19.1. The van der Waals surface area contributed by atoms with Crippen LogP contribution in [0.4, 0.5) is 4.39 Å². The second kappa shape index (κ2) is 10.0. The van der Waals surface area contributed by atoms with Crippen LogP contribution in [0.3, 0.4) is 0 Å². The van der Waals surface area contributed by atoms with Gasteiger partial charge in [0.1, 0.15) is 11.5 Å². The number of amides is 2. The van der Waals surface area contributed by atoms with Crippen LogP contribution in [0.5, 0.6) is 0 Å². The fraction of sp³-hybridized carbons (Fsp3) is 0.565. The molecule has 158 valence electrons. The Morgan fingerprint density at radius 2 is 1.69 bits per heavy atom. The fourth-order valence-electron chi connectivity index (χ4n) is 3.84. The molecule has 0 N–H and O–H groups in total. The number of hydrogen-bond donors (Lipinski definition) is 0. The minimum atomic E-state index is -0.361. The van der Waals surface area contributed by atoms with Crippen molar-refractivity contribution in [3.05, 3.63) is 41.3 Å². The molecule has 1 aromatic rings. The van der Waals surface area contributed by atoms with Crippen molar-refractivity contribution in [2.24, 2.45) is 5.92 Å². The maximum atomic E-state index is 13.4. The number of likely N-dealkylation sites (tertiary alicyclic amines) is 1. The Morgan fingerprint density at radius 3 is 2.34 bits per heavy atom. The van der Waals surface area contributed by atoms with Gasteiger partial charge in [-0.25, -0.2) is 4.39 Å². The summed E-state index contributed by atoms with van der Waals surface area (Å²) in [5.41, 5.74) is 1.47. The predicted octanol–water partition coefficient (Wildman–Crippen LogP) is 3.84. The number of piperidine rings is 1. The smallest absolute Gasteiger partial charge is 0.277 e. The molecule has 0 atom stereocenters. The number of imide groups is 1. The van der Waals surface area contributed by atoms with Crippen LogP contribution in [0.2, 0.25) is 0 Å². The van der Waals surface area contributed by atoms with Crippen molar-refractivity contribution < 1.29 is 18.7 Å². The molecule has 2 aliphatic rings. The molecular formula is C23H31FN2O3. The van der Waals surface area contributed by atoms with Gasteiger partial charge in [0.2, 0.25) is 0 Å². The van der Waals surface area contributed by atoms with E-state index < -0.39 is 0 Å². The Morgan fingerprint density at radius 1 is 1.03 bits per heavy atom. The molecule has 2 amide bonds. The summed E-state index contributed by atoms with van der Waals surface area (Å²) in [4.78, 5) is 29.7. The summed E-state index contributed by atoms with van der Waals surface area (Å²) in [6.07, 6.45) is 4.68. The summed E-state index contributed by atoms with van der Waals surface area (Å²) in [5.74, 6) is -0.272. The quantitative estimate of drug-likeness (QED) is 0.465. The van der Waals surface area contributed by atoms with Gasteiger partial charge >= 0.3 is 0 Å². The molecule has 1 saturated heterocycles. The summed E-state index contributed by atoms with van der Waals surface area (Å²) in [6, 6.07) is 5.83. The molecule has 0 unspecified atom stereocenters. The Bertz CT molecular complexity index is 752. The zero-order chi connectivity index (χ0) is 20.8. The van der Waals surface area contributed by atoms with Gasteiger partial charge in [0, 0.05) is 32.8 Å². The monoisotopic (exact) mass is 402 g/mol. The Labute approximate surface area is 172 Å². The van der Waals surface area contributed by atoms with Crippen LogP contribution < -0.4 is 0 Å². The van der Waals surface area contributed by atoms with E-state index in [1.165, 1.54) is 17.0 Å². The molecule has 0 spiro atoms. The van der Waals surface area contributed by atoms with Crippen LogP contribution in [-0.2, 0) is 14.3 Å². The van der Waals surface area contributed by atoms with Gasteiger partial charge in [-0.05, 0) is 49.3 Å². The molecule has 2 heterocycles. The highest BCUT2D eigenvalue weighted by molar-refractivity contribution is 6.35. The molecule has 0 radical (unpaired) electrons. The van der Waals surface area contributed by atoms with Crippen molar-refractivity contribution in [2.75, 3.05) is 32.8 Å². The van der Waals surface area contributed by atoms with Gasteiger partial charge in [0.15, 0.2) is 0 Å². The van der Waals surface area contributed by atoms with Crippen LogP contribution in [0.25, 0.3) is 5.57 Å². The number of unbranched alkanes of at least 4 members (excludes halogenated alkanes) is 1. The second-order valence-corrected chi connectivity index (χ2v) is 7.98. The number of halogens is 1. The van der Waals surface area contributed by atoms with E-state index >= 15 is 0 Å². The minimum Gasteiger partial charge on any atom is -0.381 e. The Kier molecular flexibility index (Phi) is 7.42. The first-order chi connectivity index (χ1) is 14.0. The Hall–Kier alpha value is -2.21. The van der Waals surface area contributed by atoms with E-state index in [1.807, 2.05) is 4.90 Å². The molecule has 0 aliphatic carbocycles. The Balaban J connectivity index is 1.78. The highest BCUT2D eigenvalue weighted by Crippen LogP contribution is 2.34. The van der Waals surface area contributed by atoms with Crippen LogP contribution in [0.1, 0.15) is 51.5 Å². The summed E-state index contributed by atoms with van der Waals surface area (Å²) in [5, 5.41) is 0. The topological polar surface area (TPSA) is 49.9 Å². The average Bonchev–Trinajstić information content (AvgIpc) is 2.96. The van der Waals surface area contributed by atoms with E-state index in [-0.39, 0.29) is 17.6 Å². The molecule has 0 bridgehead atoms. The van der Waals surface area contributed by atoms with Crippen molar-refractivity contribution in [3.8, 4) is 0 Å². The van der Waals surface area contributed by atoms with Crippen molar-refractivity contribution in [1.82, 2.24) is 9.80 Å². The van der Waals surface area contributed by atoms with Gasteiger partial charge in [-0.3, -0.25) is 14.5 Å². The van der Waals surface area contributed by atoms with E-state index in [2.05, 4.69) is 13.8 Å². The standard InChI is InChI=1S/C23H31FN2O3/c1-3-4-15-29-16-5-12-26-22(27)20(18-6-8-19(24)9-7-18)21(23(26)28)25-13-10-17(2)11-14-25/h6-9,17H,3-5,10-16H2,1-2H3. The zero-order valence-electron chi connectivity index (χ0n) is 17.5. The van der Waals surface area contributed by atoms with Crippen LogP contribution >= 0.6 is 0 Å². The lowest BCUT2D eigenvalue weighted by Crippen LogP contribution is -2.39.